The molecule has 0 aliphatic heterocycles. The molecule has 3 nitrogen and oxygen atoms in total. The summed E-state index contributed by atoms with van der Waals surface area (Å²) in [5.41, 5.74) is 2.68. The first-order valence-electron chi connectivity index (χ1n) is 8.86. The van der Waals surface area contributed by atoms with E-state index in [1.807, 2.05) is 12.1 Å². The summed E-state index contributed by atoms with van der Waals surface area (Å²) in [7, 11) is 3.21. The van der Waals surface area contributed by atoms with Gasteiger partial charge in [0.2, 0.25) is 0 Å². The number of hydrogen-bond acceptors (Lipinski definition) is 3. The van der Waals surface area contributed by atoms with Crippen molar-refractivity contribution in [3.63, 3.8) is 0 Å². The molecule has 1 aromatic rings. The average molecular weight is 314 g/mol. The van der Waals surface area contributed by atoms with Gasteiger partial charge < -0.3 is 9.47 Å². The van der Waals surface area contributed by atoms with Crippen molar-refractivity contribution in [2.24, 2.45) is 17.8 Å². The highest BCUT2D eigenvalue weighted by atomic mass is 16.5. The molecule has 0 heterocycles. The number of benzene rings is 1. The molecule has 0 amide bonds. The molecule has 4 aliphatic rings. The topological polar surface area (TPSA) is 35.5 Å². The summed E-state index contributed by atoms with van der Waals surface area (Å²) in [6.07, 6.45) is 8.56. The fourth-order valence-corrected chi connectivity index (χ4v) is 5.96. The smallest absolute Gasteiger partial charge is 0.309 e. The summed E-state index contributed by atoms with van der Waals surface area (Å²) < 4.78 is 10.5. The standard InChI is InChI=1S/C20H26O3/c1-22-18-4-3-13(9-19(21)23-2)8-17(18)20-10-14-5-15(11-20)7-16(6-14)12-20/h3-4,8,14-16H,5-7,9-12H2,1-2H3. The van der Waals surface area contributed by atoms with E-state index in [4.69, 9.17) is 9.47 Å². The normalized spacial score (nSPS) is 34.4. The molecule has 23 heavy (non-hydrogen) atoms. The van der Waals surface area contributed by atoms with Gasteiger partial charge in [-0.3, -0.25) is 4.79 Å². The van der Waals surface area contributed by atoms with Gasteiger partial charge in [0, 0.05) is 5.56 Å². The molecular formula is C20H26O3. The monoisotopic (exact) mass is 314 g/mol. The Kier molecular flexibility index (Phi) is 3.62. The third kappa shape index (κ3) is 2.54. The largest absolute Gasteiger partial charge is 0.496 e. The molecular weight excluding hydrogens is 288 g/mol. The number of hydrogen-bond donors (Lipinski definition) is 0. The van der Waals surface area contributed by atoms with E-state index in [0.29, 0.717) is 6.42 Å². The SMILES string of the molecule is COC(=O)Cc1ccc(OC)c(C23CC4CC(CC(C4)C2)C3)c1. The van der Waals surface area contributed by atoms with Crippen LogP contribution in [0.4, 0.5) is 0 Å². The van der Waals surface area contributed by atoms with Crippen molar-refractivity contribution in [3.05, 3.63) is 29.3 Å². The quantitative estimate of drug-likeness (QED) is 0.791. The van der Waals surface area contributed by atoms with Crippen molar-refractivity contribution < 1.29 is 14.3 Å². The van der Waals surface area contributed by atoms with E-state index < -0.39 is 0 Å². The lowest BCUT2D eigenvalue weighted by Gasteiger charge is -2.57. The van der Waals surface area contributed by atoms with Crippen LogP contribution in [0.15, 0.2) is 18.2 Å². The Bertz CT molecular complexity index is 584. The van der Waals surface area contributed by atoms with Crippen LogP contribution >= 0.6 is 0 Å². The van der Waals surface area contributed by atoms with E-state index in [-0.39, 0.29) is 11.4 Å². The van der Waals surface area contributed by atoms with Crippen LogP contribution in [-0.4, -0.2) is 20.2 Å². The van der Waals surface area contributed by atoms with Gasteiger partial charge in [-0.15, -0.1) is 0 Å². The molecule has 0 radical (unpaired) electrons. The molecule has 0 N–H and O–H groups in total. The minimum atomic E-state index is -0.174. The lowest BCUT2D eigenvalue weighted by Crippen LogP contribution is -2.48. The van der Waals surface area contributed by atoms with E-state index in [0.717, 1.165) is 29.1 Å². The van der Waals surface area contributed by atoms with Crippen LogP contribution in [-0.2, 0) is 21.4 Å². The first-order valence-corrected chi connectivity index (χ1v) is 8.86. The van der Waals surface area contributed by atoms with Crippen molar-refractivity contribution in [1.82, 2.24) is 0 Å². The van der Waals surface area contributed by atoms with Gasteiger partial charge in [0.1, 0.15) is 5.75 Å². The predicted molar refractivity (Wildman–Crippen MR) is 88.6 cm³/mol. The summed E-state index contributed by atoms with van der Waals surface area (Å²) in [4.78, 5) is 11.6. The molecule has 4 saturated carbocycles. The van der Waals surface area contributed by atoms with E-state index in [9.17, 15) is 4.79 Å². The number of carbonyl (C=O) groups excluding carboxylic acids is 1. The maximum absolute atomic E-state index is 11.6. The molecule has 0 spiro atoms. The third-order valence-electron chi connectivity index (χ3n) is 6.45. The molecule has 4 bridgehead atoms. The maximum Gasteiger partial charge on any atom is 0.309 e. The second kappa shape index (κ2) is 5.54. The molecule has 4 fully saturated rings. The van der Waals surface area contributed by atoms with Crippen LogP contribution in [0.25, 0.3) is 0 Å². The highest BCUT2D eigenvalue weighted by Crippen LogP contribution is 2.61. The molecule has 0 atom stereocenters. The zero-order valence-corrected chi connectivity index (χ0v) is 14.1. The lowest BCUT2D eigenvalue weighted by atomic mass is 9.48. The first-order chi connectivity index (χ1) is 11.1. The second-order valence-corrected chi connectivity index (χ2v) is 7.99. The lowest BCUT2D eigenvalue weighted by molar-refractivity contribution is -0.139. The number of esters is 1. The Labute approximate surface area is 138 Å². The fraction of sp³-hybridized carbons (Fsp3) is 0.650. The Morgan fingerprint density at radius 2 is 1.70 bits per heavy atom. The van der Waals surface area contributed by atoms with Crippen molar-refractivity contribution in [2.75, 3.05) is 14.2 Å². The number of carbonyl (C=O) groups is 1. The van der Waals surface area contributed by atoms with Gasteiger partial charge in [-0.1, -0.05) is 12.1 Å². The van der Waals surface area contributed by atoms with E-state index >= 15 is 0 Å². The first kappa shape index (κ1) is 15.0. The summed E-state index contributed by atoms with van der Waals surface area (Å²) >= 11 is 0. The van der Waals surface area contributed by atoms with Gasteiger partial charge in [-0.25, -0.2) is 0 Å². The van der Waals surface area contributed by atoms with Crippen LogP contribution in [0, 0.1) is 17.8 Å². The zero-order valence-electron chi connectivity index (χ0n) is 14.1. The van der Waals surface area contributed by atoms with Crippen molar-refractivity contribution >= 4 is 5.97 Å². The van der Waals surface area contributed by atoms with E-state index in [1.165, 1.54) is 51.2 Å². The van der Waals surface area contributed by atoms with Crippen LogP contribution in [0.2, 0.25) is 0 Å². The average Bonchev–Trinajstić information content (AvgIpc) is 2.53. The van der Waals surface area contributed by atoms with Crippen LogP contribution in [0.1, 0.15) is 49.7 Å². The van der Waals surface area contributed by atoms with Crippen LogP contribution in [0.3, 0.4) is 0 Å². The Balaban J connectivity index is 1.72. The minimum Gasteiger partial charge on any atom is -0.496 e. The summed E-state index contributed by atoms with van der Waals surface area (Å²) in [5.74, 6) is 3.52. The van der Waals surface area contributed by atoms with Gasteiger partial charge >= 0.3 is 5.97 Å². The van der Waals surface area contributed by atoms with Crippen molar-refractivity contribution in [2.45, 2.75) is 50.4 Å². The van der Waals surface area contributed by atoms with E-state index in [1.54, 1.807) is 7.11 Å². The van der Waals surface area contributed by atoms with Gasteiger partial charge in [-0.2, -0.15) is 0 Å². The number of ether oxygens (including phenoxy) is 2. The fourth-order valence-electron chi connectivity index (χ4n) is 5.96. The Morgan fingerprint density at radius 1 is 1.09 bits per heavy atom. The Hall–Kier alpha value is -1.51. The Morgan fingerprint density at radius 3 is 2.22 bits per heavy atom. The van der Waals surface area contributed by atoms with Crippen LogP contribution < -0.4 is 4.74 Å². The van der Waals surface area contributed by atoms with Gasteiger partial charge in [0.25, 0.3) is 0 Å². The molecule has 124 valence electrons. The summed E-state index contributed by atoms with van der Waals surface area (Å²) in [6.45, 7) is 0. The second-order valence-electron chi connectivity index (χ2n) is 7.99. The van der Waals surface area contributed by atoms with Crippen molar-refractivity contribution in [1.29, 1.82) is 0 Å². The third-order valence-corrected chi connectivity index (χ3v) is 6.45. The van der Waals surface area contributed by atoms with Gasteiger partial charge in [0.15, 0.2) is 0 Å². The maximum atomic E-state index is 11.6. The van der Waals surface area contributed by atoms with Gasteiger partial charge in [-0.05, 0) is 73.3 Å². The molecule has 0 saturated heterocycles. The highest BCUT2D eigenvalue weighted by Gasteiger charge is 2.52. The predicted octanol–water partition coefficient (Wildman–Crippen LogP) is 3.88. The molecule has 0 aromatic heterocycles. The van der Waals surface area contributed by atoms with E-state index in [2.05, 4.69) is 6.07 Å². The molecule has 3 heteroatoms. The molecule has 1 aromatic carbocycles. The van der Waals surface area contributed by atoms with Crippen LogP contribution in [0.5, 0.6) is 5.75 Å². The number of rotatable bonds is 4. The van der Waals surface area contributed by atoms with Gasteiger partial charge in [0.05, 0.1) is 20.6 Å². The summed E-state index contributed by atoms with van der Waals surface area (Å²) in [6, 6.07) is 6.27. The van der Waals surface area contributed by atoms with Crippen molar-refractivity contribution in [3.8, 4) is 5.75 Å². The summed E-state index contributed by atoms with van der Waals surface area (Å²) in [5, 5.41) is 0. The number of methoxy groups -OCH3 is 2. The zero-order chi connectivity index (χ0) is 16.0. The molecule has 5 rings (SSSR count). The molecule has 0 unspecified atom stereocenters. The minimum absolute atomic E-state index is 0.174. The highest BCUT2D eigenvalue weighted by molar-refractivity contribution is 5.72. The molecule has 4 aliphatic carbocycles.